The van der Waals surface area contributed by atoms with Crippen LogP contribution in [0, 0.1) is 5.95 Å². The summed E-state index contributed by atoms with van der Waals surface area (Å²) in [6.45, 7) is 0. The number of carboxylic acid groups (broad SMARTS) is 1. The molecule has 0 unspecified atom stereocenters. The Labute approximate surface area is 91.1 Å². The van der Waals surface area contributed by atoms with Crippen LogP contribution in [0.2, 0.25) is 0 Å². The van der Waals surface area contributed by atoms with E-state index in [1.54, 1.807) is 0 Å². The molecule has 1 aromatic heterocycles. The highest BCUT2D eigenvalue weighted by molar-refractivity contribution is 9.08. The molecule has 0 amide bonds. The molecule has 0 atom stereocenters. The van der Waals surface area contributed by atoms with Gasteiger partial charge in [0.1, 0.15) is 0 Å². The first-order chi connectivity index (χ1) is 6.99. The maximum absolute atomic E-state index is 12.9. The normalized spacial score (nSPS) is 10.7. The molecule has 3 nitrogen and oxygen atoms in total. The number of nitrogens with zero attached hydrogens (tertiary/aromatic N) is 1. The first kappa shape index (κ1) is 12.0. The summed E-state index contributed by atoms with van der Waals surface area (Å²) in [7, 11) is 0. The molecule has 1 N–H and O–H groups in total. The van der Waals surface area contributed by atoms with Crippen molar-refractivity contribution in [2.24, 2.45) is 0 Å². The lowest BCUT2D eigenvalue weighted by molar-refractivity contribution is 0.0694. The first-order valence-electron chi connectivity index (χ1n) is 3.73. The zero-order valence-electron chi connectivity index (χ0n) is 7.18. The molecule has 0 bridgehead atoms. The Morgan fingerprint density at radius 3 is 2.60 bits per heavy atom. The van der Waals surface area contributed by atoms with E-state index in [-0.39, 0.29) is 10.9 Å². The van der Waals surface area contributed by atoms with E-state index in [1.807, 2.05) is 0 Å². The number of alkyl halides is 3. The van der Waals surface area contributed by atoms with Crippen LogP contribution < -0.4 is 0 Å². The molecule has 0 aliphatic carbocycles. The monoisotopic (exact) mass is 283 g/mol. The SMILES string of the molecule is O=C(O)c1cnc(F)c(C(F)F)c1CBr. The molecule has 1 heterocycles. The second-order valence-corrected chi connectivity index (χ2v) is 3.16. The van der Waals surface area contributed by atoms with Crippen molar-refractivity contribution in [3.05, 3.63) is 28.8 Å². The van der Waals surface area contributed by atoms with Crippen LogP contribution in [-0.4, -0.2) is 16.1 Å². The molecular formula is C8H5BrF3NO2. The molecule has 82 valence electrons. The minimum Gasteiger partial charge on any atom is -0.478 e. The largest absolute Gasteiger partial charge is 0.478 e. The highest BCUT2D eigenvalue weighted by Gasteiger charge is 2.24. The Kier molecular flexibility index (Phi) is 3.67. The van der Waals surface area contributed by atoms with Gasteiger partial charge in [-0.05, 0) is 5.56 Å². The Morgan fingerprint density at radius 2 is 2.20 bits per heavy atom. The van der Waals surface area contributed by atoms with Crippen molar-refractivity contribution in [3.8, 4) is 0 Å². The topological polar surface area (TPSA) is 50.2 Å². The zero-order chi connectivity index (χ0) is 11.6. The molecule has 15 heavy (non-hydrogen) atoms. The second kappa shape index (κ2) is 4.61. The van der Waals surface area contributed by atoms with Crippen molar-refractivity contribution in [2.75, 3.05) is 0 Å². The minimum absolute atomic E-state index is 0.173. The van der Waals surface area contributed by atoms with Gasteiger partial charge in [-0.3, -0.25) is 0 Å². The van der Waals surface area contributed by atoms with Crippen LogP contribution in [-0.2, 0) is 5.33 Å². The lowest BCUT2D eigenvalue weighted by Gasteiger charge is -2.09. The van der Waals surface area contributed by atoms with Crippen LogP contribution in [0.3, 0.4) is 0 Å². The molecular weight excluding hydrogens is 279 g/mol. The van der Waals surface area contributed by atoms with Gasteiger partial charge >= 0.3 is 5.97 Å². The Bertz CT molecular complexity index is 398. The number of pyridine rings is 1. The third-order valence-corrected chi connectivity index (χ3v) is 2.32. The van der Waals surface area contributed by atoms with Crippen LogP contribution in [0.5, 0.6) is 0 Å². The van der Waals surface area contributed by atoms with Crippen molar-refractivity contribution in [3.63, 3.8) is 0 Å². The fourth-order valence-electron chi connectivity index (χ4n) is 1.09. The lowest BCUT2D eigenvalue weighted by atomic mass is 10.1. The van der Waals surface area contributed by atoms with Gasteiger partial charge in [0.25, 0.3) is 6.43 Å². The summed E-state index contributed by atoms with van der Waals surface area (Å²) in [5, 5.41) is 8.49. The molecule has 0 saturated carbocycles. The zero-order valence-corrected chi connectivity index (χ0v) is 8.76. The van der Waals surface area contributed by atoms with E-state index in [0.29, 0.717) is 0 Å². The van der Waals surface area contributed by atoms with Gasteiger partial charge in [-0.25, -0.2) is 18.6 Å². The van der Waals surface area contributed by atoms with Crippen molar-refractivity contribution in [2.45, 2.75) is 11.8 Å². The summed E-state index contributed by atoms with van der Waals surface area (Å²) in [6, 6.07) is 0. The molecule has 7 heteroatoms. The summed E-state index contributed by atoms with van der Waals surface area (Å²) >= 11 is 2.84. The Balaban J connectivity index is 3.47. The number of hydrogen-bond acceptors (Lipinski definition) is 2. The maximum atomic E-state index is 12.9. The molecule has 0 fully saturated rings. The molecule has 0 radical (unpaired) electrons. The van der Waals surface area contributed by atoms with Crippen LogP contribution in [0.4, 0.5) is 13.2 Å². The van der Waals surface area contributed by atoms with Crippen LogP contribution in [0.15, 0.2) is 6.20 Å². The Morgan fingerprint density at radius 1 is 1.60 bits per heavy atom. The number of aromatic carboxylic acids is 1. The third-order valence-electron chi connectivity index (χ3n) is 1.76. The lowest BCUT2D eigenvalue weighted by Crippen LogP contribution is -2.09. The third kappa shape index (κ3) is 2.28. The van der Waals surface area contributed by atoms with E-state index in [1.165, 1.54) is 0 Å². The molecule has 1 aromatic rings. The van der Waals surface area contributed by atoms with Gasteiger partial charge < -0.3 is 5.11 Å². The predicted molar refractivity (Wildman–Crippen MR) is 48.7 cm³/mol. The fourth-order valence-corrected chi connectivity index (χ4v) is 1.69. The van der Waals surface area contributed by atoms with Gasteiger partial charge in [-0.2, -0.15) is 4.39 Å². The van der Waals surface area contributed by atoms with Crippen molar-refractivity contribution >= 4 is 21.9 Å². The van der Waals surface area contributed by atoms with Crippen LogP contribution in [0.25, 0.3) is 0 Å². The molecule has 0 aromatic carbocycles. The number of carboxylic acids is 1. The smallest absolute Gasteiger partial charge is 0.337 e. The van der Waals surface area contributed by atoms with Crippen LogP contribution >= 0.6 is 15.9 Å². The van der Waals surface area contributed by atoms with Crippen molar-refractivity contribution < 1.29 is 23.1 Å². The predicted octanol–water partition coefficient (Wildman–Crippen LogP) is 2.75. The summed E-state index contributed by atoms with van der Waals surface area (Å²) in [5.74, 6) is -2.76. The molecule has 0 aliphatic rings. The number of aromatic nitrogens is 1. The van der Waals surface area contributed by atoms with Gasteiger partial charge in [-0.1, -0.05) is 15.9 Å². The van der Waals surface area contributed by atoms with Gasteiger partial charge in [0.15, 0.2) is 0 Å². The van der Waals surface area contributed by atoms with Crippen molar-refractivity contribution in [1.29, 1.82) is 0 Å². The first-order valence-corrected chi connectivity index (χ1v) is 4.85. The number of carbonyl (C=O) groups is 1. The van der Waals surface area contributed by atoms with E-state index in [4.69, 9.17) is 5.11 Å². The number of rotatable bonds is 3. The number of hydrogen-bond donors (Lipinski definition) is 1. The number of halogens is 4. The summed E-state index contributed by atoms with van der Waals surface area (Å²) < 4.78 is 37.8. The second-order valence-electron chi connectivity index (χ2n) is 2.59. The summed E-state index contributed by atoms with van der Waals surface area (Å²) in [5.41, 5.74) is -1.68. The van der Waals surface area contributed by atoms with Gasteiger partial charge in [0, 0.05) is 11.5 Å². The maximum Gasteiger partial charge on any atom is 0.337 e. The van der Waals surface area contributed by atoms with Gasteiger partial charge in [-0.15, -0.1) is 0 Å². The Hall–Kier alpha value is -1.11. The van der Waals surface area contributed by atoms with E-state index in [2.05, 4.69) is 20.9 Å². The minimum atomic E-state index is -3.09. The van der Waals surface area contributed by atoms with Crippen LogP contribution in [0.1, 0.15) is 27.9 Å². The van der Waals surface area contributed by atoms with Gasteiger partial charge in [0.2, 0.25) is 5.95 Å². The highest BCUT2D eigenvalue weighted by atomic mass is 79.9. The molecule has 1 rings (SSSR count). The average molecular weight is 284 g/mol. The summed E-state index contributed by atoms with van der Waals surface area (Å²) in [6.07, 6.45) is -2.37. The van der Waals surface area contributed by atoms with Crippen molar-refractivity contribution in [1.82, 2.24) is 4.98 Å². The van der Waals surface area contributed by atoms with E-state index in [0.717, 1.165) is 6.20 Å². The molecule has 0 saturated heterocycles. The van der Waals surface area contributed by atoms with E-state index in [9.17, 15) is 18.0 Å². The van der Waals surface area contributed by atoms with E-state index >= 15 is 0 Å². The molecule has 0 aliphatic heterocycles. The summed E-state index contributed by atoms with van der Waals surface area (Å²) in [4.78, 5) is 13.6. The van der Waals surface area contributed by atoms with E-state index < -0.39 is 29.5 Å². The fraction of sp³-hybridized carbons (Fsp3) is 0.250. The standard InChI is InChI=1S/C8H5BrF3NO2/c9-1-3-4(8(14)15)2-13-7(12)5(3)6(10)11/h2,6H,1H2,(H,14,15). The average Bonchev–Trinajstić information content (AvgIpc) is 2.15. The molecule has 0 spiro atoms. The van der Waals surface area contributed by atoms with Gasteiger partial charge in [0.05, 0.1) is 11.1 Å². The highest BCUT2D eigenvalue weighted by Crippen LogP contribution is 2.28. The quantitative estimate of drug-likeness (QED) is 0.686.